The molecule has 2 nitrogen and oxygen atoms in total. The standard InChI is InChI=1S/C18H32N2/c1-13(2)14(3)20(7)17(12-19)15-8-10-16(11-9-15)18(4,5)6/h8-11,13-14,17H,12,19H2,1-7H3. The van der Waals surface area contributed by atoms with Gasteiger partial charge < -0.3 is 5.73 Å². The Balaban J connectivity index is 2.96. The lowest BCUT2D eigenvalue weighted by molar-refractivity contribution is 0.152. The molecular formula is C18H32N2. The van der Waals surface area contributed by atoms with Crippen LogP contribution in [0.3, 0.4) is 0 Å². The van der Waals surface area contributed by atoms with Crippen molar-refractivity contribution in [3.8, 4) is 0 Å². The van der Waals surface area contributed by atoms with Crippen molar-refractivity contribution < 1.29 is 0 Å². The molecule has 0 fully saturated rings. The van der Waals surface area contributed by atoms with Gasteiger partial charge in [-0.3, -0.25) is 4.90 Å². The Labute approximate surface area is 125 Å². The second kappa shape index (κ2) is 6.73. The van der Waals surface area contributed by atoms with Crippen LogP contribution in [0, 0.1) is 5.92 Å². The highest BCUT2D eigenvalue weighted by Crippen LogP contribution is 2.27. The average Bonchev–Trinajstić information content (AvgIpc) is 2.38. The summed E-state index contributed by atoms with van der Waals surface area (Å²) in [4.78, 5) is 2.40. The topological polar surface area (TPSA) is 29.3 Å². The molecule has 20 heavy (non-hydrogen) atoms. The Morgan fingerprint density at radius 3 is 1.90 bits per heavy atom. The van der Waals surface area contributed by atoms with E-state index >= 15 is 0 Å². The highest BCUT2D eigenvalue weighted by Gasteiger charge is 2.22. The summed E-state index contributed by atoms with van der Waals surface area (Å²) < 4.78 is 0. The first kappa shape index (κ1) is 17.2. The molecule has 2 N–H and O–H groups in total. The van der Waals surface area contributed by atoms with Gasteiger partial charge >= 0.3 is 0 Å². The van der Waals surface area contributed by atoms with Crippen LogP contribution in [-0.2, 0) is 5.41 Å². The number of nitrogens with zero attached hydrogens (tertiary/aromatic N) is 1. The third-order valence-corrected chi connectivity index (χ3v) is 4.48. The number of benzene rings is 1. The molecule has 0 saturated heterocycles. The Morgan fingerprint density at radius 1 is 1.05 bits per heavy atom. The molecule has 0 aliphatic carbocycles. The Hall–Kier alpha value is -0.860. The number of nitrogens with two attached hydrogens (primary N) is 1. The van der Waals surface area contributed by atoms with Crippen LogP contribution in [0.4, 0.5) is 0 Å². The molecule has 0 saturated carbocycles. The van der Waals surface area contributed by atoms with Crippen LogP contribution >= 0.6 is 0 Å². The second-order valence-electron chi connectivity index (χ2n) is 7.27. The molecular weight excluding hydrogens is 244 g/mol. The minimum Gasteiger partial charge on any atom is -0.329 e. The summed E-state index contributed by atoms with van der Waals surface area (Å²) in [5.74, 6) is 0.628. The summed E-state index contributed by atoms with van der Waals surface area (Å²) in [6.07, 6.45) is 0. The van der Waals surface area contributed by atoms with Crippen LogP contribution in [0.2, 0.25) is 0 Å². The van der Waals surface area contributed by atoms with Crippen LogP contribution in [0.15, 0.2) is 24.3 Å². The zero-order valence-corrected chi connectivity index (χ0v) is 14.3. The summed E-state index contributed by atoms with van der Waals surface area (Å²) in [5.41, 5.74) is 8.92. The van der Waals surface area contributed by atoms with E-state index in [2.05, 4.69) is 77.8 Å². The second-order valence-corrected chi connectivity index (χ2v) is 7.27. The highest BCUT2D eigenvalue weighted by atomic mass is 15.2. The van der Waals surface area contributed by atoms with Crippen molar-refractivity contribution >= 4 is 0 Å². The lowest BCUT2D eigenvalue weighted by atomic mass is 9.86. The van der Waals surface area contributed by atoms with Crippen molar-refractivity contribution in [3.63, 3.8) is 0 Å². The normalized spacial score (nSPS) is 15.7. The summed E-state index contributed by atoms with van der Waals surface area (Å²) in [7, 11) is 2.18. The zero-order valence-electron chi connectivity index (χ0n) is 14.3. The predicted molar refractivity (Wildman–Crippen MR) is 89.0 cm³/mol. The molecule has 0 spiro atoms. The van der Waals surface area contributed by atoms with Gasteiger partial charge in [0.2, 0.25) is 0 Å². The van der Waals surface area contributed by atoms with Gasteiger partial charge in [0.05, 0.1) is 0 Å². The van der Waals surface area contributed by atoms with E-state index in [1.807, 2.05) is 0 Å². The maximum absolute atomic E-state index is 6.03. The van der Waals surface area contributed by atoms with Gasteiger partial charge in [-0.15, -0.1) is 0 Å². The molecule has 1 aromatic rings. The Kier molecular flexibility index (Phi) is 5.79. The number of hydrogen-bond acceptors (Lipinski definition) is 2. The van der Waals surface area contributed by atoms with Crippen molar-refractivity contribution in [1.29, 1.82) is 0 Å². The van der Waals surface area contributed by atoms with Crippen molar-refractivity contribution in [3.05, 3.63) is 35.4 Å². The minimum absolute atomic E-state index is 0.202. The van der Waals surface area contributed by atoms with Gasteiger partial charge in [0.25, 0.3) is 0 Å². The Bertz CT molecular complexity index is 400. The van der Waals surface area contributed by atoms with Gasteiger partial charge in [0.1, 0.15) is 0 Å². The fourth-order valence-corrected chi connectivity index (χ4v) is 2.50. The summed E-state index contributed by atoms with van der Waals surface area (Å²) in [6, 6.07) is 9.77. The number of rotatable bonds is 5. The van der Waals surface area contributed by atoms with E-state index < -0.39 is 0 Å². The summed E-state index contributed by atoms with van der Waals surface area (Å²) in [6.45, 7) is 14.2. The van der Waals surface area contributed by atoms with Crippen LogP contribution in [0.5, 0.6) is 0 Å². The first-order valence-corrected chi connectivity index (χ1v) is 7.71. The summed E-state index contributed by atoms with van der Waals surface area (Å²) >= 11 is 0. The first-order valence-electron chi connectivity index (χ1n) is 7.71. The fourth-order valence-electron chi connectivity index (χ4n) is 2.50. The lowest BCUT2D eigenvalue weighted by Crippen LogP contribution is -2.39. The first-order chi connectivity index (χ1) is 9.18. The van der Waals surface area contributed by atoms with Crippen molar-refractivity contribution in [2.24, 2.45) is 11.7 Å². The van der Waals surface area contributed by atoms with Gasteiger partial charge in [0, 0.05) is 18.6 Å². The number of likely N-dealkylation sites (N-methyl/N-ethyl adjacent to an activating group) is 1. The molecule has 0 aliphatic rings. The van der Waals surface area contributed by atoms with E-state index in [0.717, 1.165) is 0 Å². The minimum atomic E-state index is 0.202. The third kappa shape index (κ3) is 4.07. The smallest absolute Gasteiger partial charge is 0.0470 e. The van der Waals surface area contributed by atoms with Crippen molar-refractivity contribution in [2.75, 3.05) is 13.6 Å². The highest BCUT2D eigenvalue weighted by molar-refractivity contribution is 5.29. The maximum atomic E-state index is 6.03. The molecule has 1 aromatic carbocycles. The largest absolute Gasteiger partial charge is 0.329 e. The molecule has 2 atom stereocenters. The van der Waals surface area contributed by atoms with E-state index in [9.17, 15) is 0 Å². The van der Waals surface area contributed by atoms with E-state index in [0.29, 0.717) is 24.5 Å². The molecule has 2 unspecified atom stereocenters. The molecule has 2 heteroatoms. The quantitative estimate of drug-likeness (QED) is 0.882. The van der Waals surface area contributed by atoms with Gasteiger partial charge in [-0.1, -0.05) is 58.9 Å². The SMILES string of the molecule is CC(C)C(C)N(C)C(CN)c1ccc(C(C)(C)C)cc1. The number of hydrogen-bond donors (Lipinski definition) is 1. The fraction of sp³-hybridized carbons (Fsp3) is 0.667. The predicted octanol–water partition coefficient (Wildman–Crippen LogP) is 3.96. The molecule has 0 bridgehead atoms. The summed E-state index contributed by atoms with van der Waals surface area (Å²) in [5, 5.41) is 0. The van der Waals surface area contributed by atoms with Crippen molar-refractivity contribution in [2.45, 2.75) is 59.0 Å². The Morgan fingerprint density at radius 2 is 1.55 bits per heavy atom. The molecule has 0 amide bonds. The van der Waals surface area contributed by atoms with E-state index in [1.54, 1.807) is 0 Å². The van der Waals surface area contributed by atoms with Gasteiger partial charge in [-0.05, 0) is 36.4 Å². The van der Waals surface area contributed by atoms with Crippen LogP contribution in [-0.4, -0.2) is 24.5 Å². The van der Waals surface area contributed by atoms with Gasteiger partial charge in [0.15, 0.2) is 0 Å². The van der Waals surface area contributed by atoms with E-state index in [4.69, 9.17) is 5.73 Å². The molecule has 114 valence electrons. The maximum Gasteiger partial charge on any atom is 0.0470 e. The molecule has 0 heterocycles. The zero-order chi connectivity index (χ0) is 15.5. The van der Waals surface area contributed by atoms with E-state index in [-0.39, 0.29) is 5.41 Å². The van der Waals surface area contributed by atoms with Crippen LogP contribution in [0.1, 0.15) is 58.7 Å². The molecule has 0 aliphatic heterocycles. The monoisotopic (exact) mass is 276 g/mol. The van der Waals surface area contributed by atoms with Gasteiger partial charge in [-0.2, -0.15) is 0 Å². The third-order valence-electron chi connectivity index (χ3n) is 4.48. The molecule has 1 rings (SSSR count). The van der Waals surface area contributed by atoms with Crippen molar-refractivity contribution in [1.82, 2.24) is 4.90 Å². The van der Waals surface area contributed by atoms with E-state index in [1.165, 1.54) is 11.1 Å². The molecule has 0 radical (unpaired) electrons. The average molecular weight is 276 g/mol. The molecule has 0 aromatic heterocycles. The van der Waals surface area contributed by atoms with Gasteiger partial charge in [-0.25, -0.2) is 0 Å². The van der Waals surface area contributed by atoms with Crippen LogP contribution in [0.25, 0.3) is 0 Å². The van der Waals surface area contributed by atoms with Crippen LogP contribution < -0.4 is 5.73 Å². The lowest BCUT2D eigenvalue weighted by Gasteiger charge is -2.35.